The molecule has 2 rings (SSSR count). The molecular weight excluding hydrogens is 240 g/mol. The van der Waals surface area contributed by atoms with Gasteiger partial charge in [-0.15, -0.1) is 0 Å². The molecule has 100 valence electrons. The van der Waals surface area contributed by atoms with Crippen LogP contribution >= 0.6 is 0 Å². The number of hydrogen-bond acceptors (Lipinski definition) is 3. The second kappa shape index (κ2) is 5.56. The van der Waals surface area contributed by atoms with E-state index >= 15 is 0 Å². The average Bonchev–Trinajstić information content (AvgIpc) is 2.74. The Bertz CT molecular complexity index is 569. The SMILES string of the molecule is Cc1cc(N)cc(C(=O)NCCc2ccnn2C)c1. The second-order valence-electron chi connectivity index (χ2n) is 4.58. The lowest BCUT2D eigenvalue weighted by atomic mass is 10.1. The van der Waals surface area contributed by atoms with Crippen LogP contribution < -0.4 is 11.1 Å². The van der Waals surface area contributed by atoms with Crippen molar-refractivity contribution in [1.82, 2.24) is 15.1 Å². The first kappa shape index (κ1) is 13.1. The standard InChI is InChI=1S/C14H18N4O/c1-10-7-11(9-12(15)8-10)14(19)16-5-3-13-4-6-17-18(13)2/h4,6-9H,3,5,15H2,1-2H3,(H,16,19). The smallest absolute Gasteiger partial charge is 0.251 e. The van der Waals surface area contributed by atoms with Crippen LogP contribution in [0.5, 0.6) is 0 Å². The van der Waals surface area contributed by atoms with Gasteiger partial charge < -0.3 is 11.1 Å². The Labute approximate surface area is 112 Å². The molecule has 5 heteroatoms. The predicted molar refractivity (Wildman–Crippen MR) is 74.8 cm³/mol. The zero-order valence-corrected chi connectivity index (χ0v) is 11.2. The number of benzene rings is 1. The zero-order valence-electron chi connectivity index (χ0n) is 11.2. The van der Waals surface area contributed by atoms with Gasteiger partial charge in [0.1, 0.15) is 0 Å². The van der Waals surface area contributed by atoms with Gasteiger partial charge in [0.2, 0.25) is 0 Å². The Kier molecular flexibility index (Phi) is 3.85. The number of amides is 1. The van der Waals surface area contributed by atoms with E-state index in [2.05, 4.69) is 10.4 Å². The first-order chi connectivity index (χ1) is 9.06. The van der Waals surface area contributed by atoms with Gasteiger partial charge >= 0.3 is 0 Å². The Morgan fingerprint density at radius 3 is 2.84 bits per heavy atom. The molecule has 1 heterocycles. The van der Waals surface area contributed by atoms with Crippen LogP contribution in [0, 0.1) is 6.92 Å². The van der Waals surface area contributed by atoms with Crippen LogP contribution in [0.4, 0.5) is 5.69 Å². The molecule has 5 nitrogen and oxygen atoms in total. The fraction of sp³-hybridized carbons (Fsp3) is 0.286. The highest BCUT2D eigenvalue weighted by Crippen LogP contribution is 2.11. The number of hydrogen-bond donors (Lipinski definition) is 2. The lowest BCUT2D eigenvalue weighted by molar-refractivity contribution is 0.0954. The maximum Gasteiger partial charge on any atom is 0.251 e. The minimum atomic E-state index is -0.0995. The van der Waals surface area contributed by atoms with E-state index in [0.29, 0.717) is 17.8 Å². The van der Waals surface area contributed by atoms with Gasteiger partial charge in [0.15, 0.2) is 0 Å². The van der Waals surface area contributed by atoms with Crippen molar-refractivity contribution in [3.05, 3.63) is 47.3 Å². The fourth-order valence-electron chi connectivity index (χ4n) is 2.00. The lowest BCUT2D eigenvalue weighted by Crippen LogP contribution is -2.26. The molecule has 0 fully saturated rings. The van der Waals surface area contributed by atoms with E-state index in [0.717, 1.165) is 17.7 Å². The van der Waals surface area contributed by atoms with Gasteiger partial charge in [0.25, 0.3) is 5.91 Å². The van der Waals surface area contributed by atoms with Gasteiger partial charge in [0, 0.05) is 43.2 Å². The number of carbonyl (C=O) groups excluding carboxylic acids is 1. The Morgan fingerprint density at radius 1 is 1.42 bits per heavy atom. The van der Waals surface area contributed by atoms with E-state index in [1.54, 1.807) is 16.9 Å². The van der Waals surface area contributed by atoms with Crippen molar-refractivity contribution >= 4 is 11.6 Å². The zero-order chi connectivity index (χ0) is 13.8. The summed E-state index contributed by atoms with van der Waals surface area (Å²) in [6, 6.07) is 7.30. The summed E-state index contributed by atoms with van der Waals surface area (Å²) >= 11 is 0. The molecular formula is C14H18N4O. The number of aryl methyl sites for hydroxylation is 2. The van der Waals surface area contributed by atoms with E-state index < -0.39 is 0 Å². The summed E-state index contributed by atoms with van der Waals surface area (Å²) in [5.74, 6) is -0.0995. The highest BCUT2D eigenvalue weighted by Gasteiger charge is 2.07. The molecule has 0 spiro atoms. The van der Waals surface area contributed by atoms with Crippen molar-refractivity contribution in [2.75, 3.05) is 12.3 Å². The van der Waals surface area contributed by atoms with Crippen LogP contribution in [-0.4, -0.2) is 22.2 Å². The predicted octanol–water partition coefficient (Wildman–Crippen LogP) is 1.28. The van der Waals surface area contributed by atoms with Crippen molar-refractivity contribution in [1.29, 1.82) is 0 Å². The summed E-state index contributed by atoms with van der Waals surface area (Å²) in [4.78, 5) is 12.0. The van der Waals surface area contributed by atoms with E-state index in [1.165, 1.54) is 0 Å². The van der Waals surface area contributed by atoms with Crippen molar-refractivity contribution in [2.24, 2.45) is 7.05 Å². The van der Waals surface area contributed by atoms with Gasteiger partial charge in [-0.25, -0.2) is 0 Å². The van der Waals surface area contributed by atoms with Crippen molar-refractivity contribution in [2.45, 2.75) is 13.3 Å². The van der Waals surface area contributed by atoms with Crippen molar-refractivity contribution in [3.63, 3.8) is 0 Å². The molecule has 19 heavy (non-hydrogen) atoms. The van der Waals surface area contributed by atoms with Crippen LogP contribution in [0.15, 0.2) is 30.5 Å². The Hall–Kier alpha value is -2.30. The van der Waals surface area contributed by atoms with E-state index in [-0.39, 0.29) is 5.91 Å². The van der Waals surface area contributed by atoms with E-state index in [9.17, 15) is 4.79 Å². The minimum absolute atomic E-state index is 0.0995. The number of nitrogens with two attached hydrogens (primary N) is 1. The molecule has 1 aromatic heterocycles. The van der Waals surface area contributed by atoms with Crippen LogP contribution in [0.2, 0.25) is 0 Å². The summed E-state index contributed by atoms with van der Waals surface area (Å²) in [6.07, 6.45) is 2.50. The van der Waals surface area contributed by atoms with Gasteiger partial charge in [0.05, 0.1) is 0 Å². The Balaban J connectivity index is 1.92. The van der Waals surface area contributed by atoms with Crippen LogP contribution in [0.3, 0.4) is 0 Å². The highest BCUT2D eigenvalue weighted by atomic mass is 16.1. The molecule has 3 N–H and O–H groups in total. The average molecular weight is 258 g/mol. The van der Waals surface area contributed by atoms with E-state index in [4.69, 9.17) is 5.73 Å². The number of carbonyl (C=O) groups is 1. The number of nitrogens with zero attached hydrogens (tertiary/aromatic N) is 2. The molecule has 0 radical (unpaired) electrons. The molecule has 1 aromatic carbocycles. The molecule has 2 aromatic rings. The largest absolute Gasteiger partial charge is 0.399 e. The third-order valence-corrected chi connectivity index (χ3v) is 2.95. The number of nitrogens with one attached hydrogen (secondary N) is 1. The molecule has 0 bridgehead atoms. The summed E-state index contributed by atoms with van der Waals surface area (Å²) in [7, 11) is 1.89. The molecule has 1 amide bonds. The monoisotopic (exact) mass is 258 g/mol. The normalized spacial score (nSPS) is 10.4. The molecule has 0 aliphatic rings. The maximum atomic E-state index is 12.0. The first-order valence-corrected chi connectivity index (χ1v) is 6.18. The third kappa shape index (κ3) is 3.34. The minimum Gasteiger partial charge on any atom is -0.399 e. The summed E-state index contributed by atoms with van der Waals surface area (Å²) < 4.78 is 1.80. The summed E-state index contributed by atoms with van der Waals surface area (Å²) in [6.45, 7) is 2.50. The van der Waals surface area contributed by atoms with Crippen LogP contribution in [0.25, 0.3) is 0 Å². The highest BCUT2D eigenvalue weighted by molar-refractivity contribution is 5.95. The number of aromatic nitrogens is 2. The van der Waals surface area contributed by atoms with Gasteiger partial charge in [-0.3, -0.25) is 9.48 Å². The fourth-order valence-corrected chi connectivity index (χ4v) is 2.00. The topological polar surface area (TPSA) is 72.9 Å². The second-order valence-corrected chi connectivity index (χ2v) is 4.58. The Morgan fingerprint density at radius 2 is 2.21 bits per heavy atom. The summed E-state index contributed by atoms with van der Waals surface area (Å²) in [5.41, 5.74) is 9.01. The first-order valence-electron chi connectivity index (χ1n) is 6.18. The third-order valence-electron chi connectivity index (χ3n) is 2.95. The molecule has 0 atom stereocenters. The van der Waals surface area contributed by atoms with Gasteiger partial charge in [-0.2, -0.15) is 5.10 Å². The molecule has 0 unspecified atom stereocenters. The molecule has 0 saturated heterocycles. The van der Waals surface area contributed by atoms with Crippen molar-refractivity contribution < 1.29 is 4.79 Å². The molecule has 0 aliphatic carbocycles. The quantitative estimate of drug-likeness (QED) is 0.811. The maximum absolute atomic E-state index is 12.0. The van der Waals surface area contributed by atoms with Gasteiger partial charge in [-0.05, 0) is 36.8 Å². The van der Waals surface area contributed by atoms with E-state index in [1.807, 2.05) is 32.2 Å². The number of anilines is 1. The van der Waals surface area contributed by atoms with Crippen LogP contribution in [-0.2, 0) is 13.5 Å². The van der Waals surface area contributed by atoms with Crippen LogP contribution in [0.1, 0.15) is 21.6 Å². The number of rotatable bonds is 4. The lowest BCUT2D eigenvalue weighted by Gasteiger charge is -2.07. The van der Waals surface area contributed by atoms with Gasteiger partial charge in [-0.1, -0.05) is 0 Å². The molecule has 0 aliphatic heterocycles. The summed E-state index contributed by atoms with van der Waals surface area (Å²) in [5, 5.41) is 6.97. The van der Waals surface area contributed by atoms with Crippen molar-refractivity contribution in [3.8, 4) is 0 Å². The number of nitrogen functional groups attached to an aromatic ring is 1. The molecule has 0 saturated carbocycles.